The lowest BCUT2D eigenvalue weighted by Crippen LogP contribution is -2.60. The number of amides is 1. The Morgan fingerprint density at radius 1 is 1.00 bits per heavy atom. The Labute approximate surface area is 168 Å². The van der Waals surface area contributed by atoms with Crippen molar-refractivity contribution in [1.82, 2.24) is 15.1 Å². The molecule has 1 N–H and O–H groups in total. The largest absolute Gasteiger partial charge is 0.340 e. The molecule has 4 nitrogen and oxygen atoms in total. The first kappa shape index (κ1) is 19.2. The average molecular weight is 378 g/mol. The van der Waals surface area contributed by atoms with Gasteiger partial charge in [-0.2, -0.15) is 0 Å². The van der Waals surface area contributed by atoms with Gasteiger partial charge in [-0.3, -0.25) is 9.69 Å². The zero-order valence-electron chi connectivity index (χ0n) is 16.9. The number of hydrogen-bond donors (Lipinski definition) is 1. The van der Waals surface area contributed by atoms with Gasteiger partial charge in [0, 0.05) is 39.0 Å². The molecular formula is C24H31N3O. The molecule has 0 bridgehead atoms. The van der Waals surface area contributed by atoms with Gasteiger partial charge < -0.3 is 10.2 Å². The van der Waals surface area contributed by atoms with Gasteiger partial charge in [-0.15, -0.1) is 0 Å². The lowest BCUT2D eigenvalue weighted by molar-refractivity contribution is -0.143. The molecule has 2 aliphatic rings. The van der Waals surface area contributed by atoms with Crippen LogP contribution in [0.25, 0.3) is 0 Å². The molecule has 28 heavy (non-hydrogen) atoms. The highest BCUT2D eigenvalue weighted by molar-refractivity contribution is 5.88. The van der Waals surface area contributed by atoms with E-state index in [0.29, 0.717) is 5.91 Å². The zero-order chi connectivity index (χ0) is 19.4. The van der Waals surface area contributed by atoms with E-state index in [-0.39, 0.29) is 0 Å². The van der Waals surface area contributed by atoms with Gasteiger partial charge in [0.15, 0.2) is 0 Å². The topological polar surface area (TPSA) is 35.6 Å². The van der Waals surface area contributed by atoms with Gasteiger partial charge in [0.2, 0.25) is 5.91 Å². The van der Waals surface area contributed by atoms with Crippen LogP contribution in [0.1, 0.15) is 23.1 Å². The van der Waals surface area contributed by atoms with E-state index in [0.717, 1.165) is 58.4 Å². The van der Waals surface area contributed by atoms with Gasteiger partial charge in [-0.25, -0.2) is 0 Å². The molecule has 0 radical (unpaired) electrons. The van der Waals surface area contributed by atoms with Crippen molar-refractivity contribution in [2.45, 2.75) is 31.2 Å². The molecule has 0 atom stereocenters. The molecule has 1 aliphatic carbocycles. The van der Waals surface area contributed by atoms with Crippen LogP contribution < -0.4 is 5.32 Å². The monoisotopic (exact) mass is 377 g/mol. The molecule has 2 aromatic rings. The van der Waals surface area contributed by atoms with Crippen LogP contribution >= 0.6 is 0 Å². The molecule has 1 aliphatic heterocycles. The third-order valence-electron chi connectivity index (χ3n) is 6.42. The second-order valence-electron chi connectivity index (χ2n) is 8.21. The Bertz CT molecular complexity index is 772. The van der Waals surface area contributed by atoms with Crippen LogP contribution in [0.4, 0.5) is 0 Å². The van der Waals surface area contributed by atoms with Crippen molar-refractivity contribution in [3.63, 3.8) is 0 Å². The van der Waals surface area contributed by atoms with Gasteiger partial charge in [0.05, 0.1) is 0 Å². The molecule has 0 saturated carbocycles. The molecule has 1 fully saturated rings. The van der Waals surface area contributed by atoms with E-state index in [9.17, 15) is 4.79 Å². The smallest absolute Gasteiger partial charge is 0.243 e. The maximum atomic E-state index is 13.9. The normalized spacial score (nSPS) is 18.7. The van der Waals surface area contributed by atoms with Crippen molar-refractivity contribution in [2.24, 2.45) is 0 Å². The molecule has 1 amide bonds. The molecule has 4 rings (SSSR count). The van der Waals surface area contributed by atoms with Crippen molar-refractivity contribution in [3.05, 3.63) is 71.3 Å². The lowest BCUT2D eigenvalue weighted by Gasteiger charge is -2.41. The summed E-state index contributed by atoms with van der Waals surface area (Å²) in [6.07, 6.45) is 3.63. The summed E-state index contributed by atoms with van der Waals surface area (Å²) in [6.45, 7) is 4.44. The van der Waals surface area contributed by atoms with E-state index in [2.05, 4.69) is 76.8 Å². The Hall–Kier alpha value is -2.17. The van der Waals surface area contributed by atoms with Gasteiger partial charge in [0.1, 0.15) is 5.54 Å². The zero-order valence-corrected chi connectivity index (χ0v) is 16.9. The van der Waals surface area contributed by atoms with E-state index in [1.54, 1.807) is 0 Å². The number of rotatable bonds is 5. The molecule has 1 heterocycles. The van der Waals surface area contributed by atoms with Crippen molar-refractivity contribution in [2.75, 3.05) is 39.8 Å². The Morgan fingerprint density at radius 2 is 1.68 bits per heavy atom. The standard InChI is InChI=1S/C24H31N3O/c1-26(16-12-20-8-3-2-4-9-20)24(18-21-10-5-6-11-22(21)19-24)23(28)27-15-7-13-25-14-17-27/h2-6,8-11,25H,7,12-19H2,1H3. The summed E-state index contributed by atoms with van der Waals surface area (Å²) in [5, 5.41) is 3.42. The summed E-state index contributed by atoms with van der Waals surface area (Å²) >= 11 is 0. The second-order valence-corrected chi connectivity index (χ2v) is 8.21. The first-order valence-electron chi connectivity index (χ1n) is 10.5. The number of benzene rings is 2. The Morgan fingerprint density at radius 3 is 2.39 bits per heavy atom. The number of carbonyl (C=O) groups excluding carboxylic acids is 1. The number of fused-ring (bicyclic) bond motifs is 1. The summed E-state index contributed by atoms with van der Waals surface area (Å²) in [5.41, 5.74) is 3.53. The number of nitrogens with one attached hydrogen (secondary N) is 1. The van der Waals surface area contributed by atoms with E-state index in [1.165, 1.54) is 16.7 Å². The van der Waals surface area contributed by atoms with Gasteiger partial charge in [-0.05, 0) is 43.1 Å². The number of nitrogens with zero attached hydrogens (tertiary/aromatic N) is 2. The fraction of sp³-hybridized carbons (Fsp3) is 0.458. The number of carbonyl (C=O) groups is 1. The average Bonchev–Trinajstić information content (AvgIpc) is 2.93. The maximum absolute atomic E-state index is 13.9. The molecule has 0 spiro atoms. The molecular weight excluding hydrogens is 346 g/mol. The minimum absolute atomic E-state index is 0.308. The first-order valence-corrected chi connectivity index (χ1v) is 10.5. The van der Waals surface area contributed by atoms with Gasteiger partial charge in [0.25, 0.3) is 0 Å². The number of hydrogen-bond acceptors (Lipinski definition) is 3. The van der Waals surface area contributed by atoms with Crippen molar-refractivity contribution in [1.29, 1.82) is 0 Å². The fourth-order valence-corrected chi connectivity index (χ4v) is 4.68. The van der Waals surface area contributed by atoms with Crippen molar-refractivity contribution in [3.8, 4) is 0 Å². The van der Waals surface area contributed by atoms with Crippen LogP contribution in [0.2, 0.25) is 0 Å². The lowest BCUT2D eigenvalue weighted by atomic mass is 9.90. The second kappa shape index (κ2) is 8.46. The number of likely N-dealkylation sites (N-methyl/N-ethyl adjacent to an activating group) is 1. The summed E-state index contributed by atoms with van der Waals surface area (Å²) in [6, 6.07) is 19.2. The van der Waals surface area contributed by atoms with Crippen molar-refractivity contribution >= 4 is 5.91 Å². The highest BCUT2D eigenvalue weighted by atomic mass is 16.2. The predicted octanol–water partition coefficient (Wildman–Crippen LogP) is 2.52. The van der Waals surface area contributed by atoms with E-state index in [4.69, 9.17) is 0 Å². The van der Waals surface area contributed by atoms with Crippen LogP contribution in [-0.2, 0) is 24.1 Å². The highest BCUT2D eigenvalue weighted by Gasteiger charge is 2.48. The van der Waals surface area contributed by atoms with Gasteiger partial charge in [-0.1, -0.05) is 54.6 Å². The van der Waals surface area contributed by atoms with Crippen LogP contribution in [0.3, 0.4) is 0 Å². The summed E-state index contributed by atoms with van der Waals surface area (Å²) in [7, 11) is 2.14. The third-order valence-corrected chi connectivity index (χ3v) is 6.42. The SMILES string of the molecule is CN(CCc1ccccc1)C1(C(=O)N2CCCNCC2)Cc2ccccc2C1. The van der Waals surface area contributed by atoms with E-state index < -0.39 is 5.54 Å². The minimum atomic E-state index is -0.456. The third kappa shape index (κ3) is 3.85. The minimum Gasteiger partial charge on any atom is -0.340 e. The predicted molar refractivity (Wildman–Crippen MR) is 113 cm³/mol. The molecule has 148 valence electrons. The summed E-state index contributed by atoms with van der Waals surface area (Å²) < 4.78 is 0. The van der Waals surface area contributed by atoms with Gasteiger partial charge >= 0.3 is 0 Å². The molecule has 4 heteroatoms. The first-order chi connectivity index (χ1) is 13.7. The van der Waals surface area contributed by atoms with Crippen LogP contribution in [-0.4, -0.2) is 61.0 Å². The summed E-state index contributed by atoms with van der Waals surface area (Å²) in [4.78, 5) is 18.3. The molecule has 0 unspecified atom stereocenters. The van der Waals surface area contributed by atoms with Crippen LogP contribution in [0, 0.1) is 0 Å². The molecule has 1 saturated heterocycles. The Kier molecular flexibility index (Phi) is 5.79. The Balaban J connectivity index is 1.57. The molecule has 2 aromatic carbocycles. The van der Waals surface area contributed by atoms with Crippen molar-refractivity contribution < 1.29 is 4.79 Å². The molecule has 0 aromatic heterocycles. The van der Waals surface area contributed by atoms with Crippen LogP contribution in [0.5, 0.6) is 0 Å². The van der Waals surface area contributed by atoms with E-state index >= 15 is 0 Å². The highest BCUT2D eigenvalue weighted by Crippen LogP contribution is 2.36. The quantitative estimate of drug-likeness (QED) is 0.870. The fourth-order valence-electron chi connectivity index (χ4n) is 4.68. The van der Waals surface area contributed by atoms with E-state index in [1.807, 2.05) is 0 Å². The summed E-state index contributed by atoms with van der Waals surface area (Å²) in [5.74, 6) is 0.308. The maximum Gasteiger partial charge on any atom is 0.243 e. The van der Waals surface area contributed by atoms with Crippen LogP contribution in [0.15, 0.2) is 54.6 Å².